The van der Waals surface area contributed by atoms with Crippen molar-refractivity contribution in [2.45, 2.75) is 71.9 Å². The van der Waals surface area contributed by atoms with Gasteiger partial charge in [0.25, 0.3) is 0 Å². The molecule has 0 aromatic heterocycles. The highest BCUT2D eigenvalue weighted by Crippen LogP contribution is 2.22. The summed E-state index contributed by atoms with van der Waals surface area (Å²) in [5, 5.41) is 3.09. The molecular formula is C20H37N3O3. The van der Waals surface area contributed by atoms with E-state index in [1.165, 1.54) is 0 Å². The van der Waals surface area contributed by atoms with Crippen LogP contribution in [-0.4, -0.2) is 66.2 Å². The molecule has 6 heteroatoms. The van der Waals surface area contributed by atoms with E-state index >= 15 is 0 Å². The smallest absolute Gasteiger partial charge is 0.410 e. The van der Waals surface area contributed by atoms with Gasteiger partial charge < -0.3 is 15.0 Å². The highest BCUT2D eigenvalue weighted by molar-refractivity contribution is 5.86. The predicted octanol–water partition coefficient (Wildman–Crippen LogP) is 2.87. The second kappa shape index (κ2) is 9.07. The van der Waals surface area contributed by atoms with E-state index in [2.05, 4.69) is 24.1 Å². The van der Waals surface area contributed by atoms with Crippen LogP contribution in [0.1, 0.15) is 60.3 Å². The molecule has 26 heavy (non-hydrogen) atoms. The molecule has 6 nitrogen and oxygen atoms in total. The molecule has 2 fully saturated rings. The second-order valence-corrected chi connectivity index (χ2v) is 9.21. The number of likely N-dealkylation sites (tertiary alicyclic amines) is 2. The standard InChI is InChI=1S/C20H37N3O3/c1-15(2)14-22-11-8-16(9-12-22)13-21-18(24)17-7-6-10-23(17)19(25)26-20(3,4)5/h15-17H,6-14H2,1-5H3,(H,21,24). The van der Waals surface area contributed by atoms with Crippen LogP contribution in [0.5, 0.6) is 0 Å². The number of carbonyl (C=O) groups is 2. The van der Waals surface area contributed by atoms with Crippen LogP contribution >= 0.6 is 0 Å². The summed E-state index contributed by atoms with van der Waals surface area (Å²) in [7, 11) is 0. The SMILES string of the molecule is CC(C)CN1CCC(CNC(=O)C2CCCN2C(=O)OC(C)(C)C)CC1. The Morgan fingerprint density at radius 3 is 2.35 bits per heavy atom. The molecule has 2 aliphatic rings. The number of carbonyl (C=O) groups excluding carboxylic acids is 2. The van der Waals surface area contributed by atoms with Crippen molar-refractivity contribution in [2.24, 2.45) is 11.8 Å². The zero-order valence-corrected chi connectivity index (χ0v) is 17.2. The molecule has 0 aliphatic carbocycles. The number of rotatable bonds is 5. The summed E-state index contributed by atoms with van der Waals surface area (Å²) in [5.74, 6) is 1.21. The Bertz CT molecular complexity index is 479. The zero-order valence-electron chi connectivity index (χ0n) is 17.2. The van der Waals surface area contributed by atoms with Crippen LogP contribution in [0, 0.1) is 11.8 Å². The summed E-state index contributed by atoms with van der Waals surface area (Å²) in [5.41, 5.74) is -0.537. The lowest BCUT2D eigenvalue weighted by Gasteiger charge is -2.33. The molecule has 2 aliphatic heterocycles. The average molecular weight is 368 g/mol. The lowest BCUT2D eigenvalue weighted by atomic mass is 9.96. The zero-order chi connectivity index (χ0) is 19.3. The molecule has 0 bridgehead atoms. The molecule has 2 rings (SSSR count). The number of amides is 2. The van der Waals surface area contributed by atoms with Crippen molar-refractivity contribution in [1.29, 1.82) is 0 Å². The summed E-state index contributed by atoms with van der Waals surface area (Å²) in [6, 6.07) is -0.383. The summed E-state index contributed by atoms with van der Waals surface area (Å²) >= 11 is 0. The van der Waals surface area contributed by atoms with E-state index in [1.54, 1.807) is 4.90 Å². The van der Waals surface area contributed by atoms with Crippen LogP contribution in [0.4, 0.5) is 4.79 Å². The van der Waals surface area contributed by atoms with E-state index in [9.17, 15) is 9.59 Å². The maximum absolute atomic E-state index is 12.6. The summed E-state index contributed by atoms with van der Waals surface area (Å²) in [6.45, 7) is 14.8. The molecule has 2 heterocycles. The third kappa shape index (κ3) is 6.45. The number of nitrogens with zero attached hydrogens (tertiary/aromatic N) is 2. The summed E-state index contributed by atoms with van der Waals surface area (Å²) in [4.78, 5) is 29.0. The van der Waals surface area contributed by atoms with Crippen molar-refractivity contribution in [3.8, 4) is 0 Å². The molecule has 2 amide bonds. The van der Waals surface area contributed by atoms with Gasteiger partial charge in [-0.25, -0.2) is 4.79 Å². The minimum atomic E-state index is -0.537. The van der Waals surface area contributed by atoms with E-state index in [-0.39, 0.29) is 18.0 Å². The molecule has 0 saturated carbocycles. The van der Waals surface area contributed by atoms with Gasteiger partial charge in [-0.15, -0.1) is 0 Å². The number of piperidine rings is 1. The number of hydrogen-bond donors (Lipinski definition) is 1. The lowest BCUT2D eigenvalue weighted by molar-refractivity contribution is -0.125. The van der Waals surface area contributed by atoms with Crippen LogP contribution < -0.4 is 5.32 Å². The van der Waals surface area contributed by atoms with Crippen molar-refractivity contribution < 1.29 is 14.3 Å². The summed E-state index contributed by atoms with van der Waals surface area (Å²) < 4.78 is 5.44. The van der Waals surface area contributed by atoms with Crippen LogP contribution in [0.15, 0.2) is 0 Å². The van der Waals surface area contributed by atoms with Crippen molar-refractivity contribution in [3.63, 3.8) is 0 Å². The molecule has 150 valence electrons. The molecule has 0 radical (unpaired) electrons. The Morgan fingerprint density at radius 2 is 1.77 bits per heavy atom. The van der Waals surface area contributed by atoms with Crippen LogP contribution in [0.2, 0.25) is 0 Å². The van der Waals surface area contributed by atoms with Crippen molar-refractivity contribution >= 4 is 12.0 Å². The first kappa shape index (κ1) is 21.0. The number of hydrogen-bond acceptors (Lipinski definition) is 4. The largest absolute Gasteiger partial charge is 0.444 e. The maximum atomic E-state index is 12.6. The first-order chi connectivity index (χ1) is 12.2. The highest BCUT2D eigenvalue weighted by atomic mass is 16.6. The Hall–Kier alpha value is -1.30. The van der Waals surface area contributed by atoms with Gasteiger partial charge in [0.1, 0.15) is 11.6 Å². The van der Waals surface area contributed by atoms with Crippen LogP contribution in [-0.2, 0) is 9.53 Å². The van der Waals surface area contributed by atoms with Gasteiger partial charge in [0.05, 0.1) is 0 Å². The Morgan fingerprint density at radius 1 is 1.12 bits per heavy atom. The van der Waals surface area contributed by atoms with Crippen molar-refractivity contribution in [1.82, 2.24) is 15.1 Å². The second-order valence-electron chi connectivity index (χ2n) is 9.21. The van der Waals surface area contributed by atoms with E-state index in [0.29, 0.717) is 24.9 Å². The lowest BCUT2D eigenvalue weighted by Crippen LogP contribution is -2.49. The monoisotopic (exact) mass is 367 g/mol. The molecule has 1 atom stereocenters. The minimum absolute atomic E-state index is 0.0297. The van der Waals surface area contributed by atoms with Gasteiger partial charge in [0.2, 0.25) is 5.91 Å². The summed E-state index contributed by atoms with van der Waals surface area (Å²) in [6.07, 6.45) is 3.46. The Labute approximate surface area is 158 Å². The fourth-order valence-corrected chi connectivity index (χ4v) is 3.83. The molecule has 1 N–H and O–H groups in total. The molecule has 1 unspecified atom stereocenters. The highest BCUT2D eigenvalue weighted by Gasteiger charge is 2.36. The van der Waals surface area contributed by atoms with E-state index in [1.807, 2.05) is 20.8 Å². The number of ether oxygens (including phenoxy) is 1. The number of nitrogens with one attached hydrogen (secondary N) is 1. The van der Waals surface area contributed by atoms with Crippen molar-refractivity contribution in [3.05, 3.63) is 0 Å². The Balaban J connectivity index is 1.76. The van der Waals surface area contributed by atoms with E-state index in [0.717, 1.165) is 45.3 Å². The topological polar surface area (TPSA) is 61.9 Å². The van der Waals surface area contributed by atoms with E-state index in [4.69, 9.17) is 4.74 Å². The fourth-order valence-electron chi connectivity index (χ4n) is 3.83. The van der Waals surface area contributed by atoms with Gasteiger partial charge in [-0.3, -0.25) is 9.69 Å². The molecule has 0 aromatic rings. The van der Waals surface area contributed by atoms with Gasteiger partial charge in [0.15, 0.2) is 0 Å². The minimum Gasteiger partial charge on any atom is -0.444 e. The molecule has 0 spiro atoms. The first-order valence-electron chi connectivity index (χ1n) is 10.2. The molecule has 0 aromatic carbocycles. The van der Waals surface area contributed by atoms with Gasteiger partial charge in [-0.1, -0.05) is 13.8 Å². The maximum Gasteiger partial charge on any atom is 0.410 e. The quantitative estimate of drug-likeness (QED) is 0.812. The normalized spacial score (nSPS) is 22.7. The molecular weight excluding hydrogens is 330 g/mol. The van der Waals surface area contributed by atoms with Crippen LogP contribution in [0.3, 0.4) is 0 Å². The Kier molecular flexibility index (Phi) is 7.33. The first-order valence-corrected chi connectivity index (χ1v) is 10.2. The van der Waals surface area contributed by atoms with Crippen molar-refractivity contribution in [2.75, 3.05) is 32.7 Å². The average Bonchev–Trinajstić information content (AvgIpc) is 3.01. The van der Waals surface area contributed by atoms with Crippen LogP contribution in [0.25, 0.3) is 0 Å². The third-order valence-electron chi connectivity index (χ3n) is 5.08. The fraction of sp³-hybridized carbons (Fsp3) is 0.900. The van der Waals surface area contributed by atoms with E-state index < -0.39 is 5.60 Å². The van der Waals surface area contributed by atoms with Gasteiger partial charge in [-0.2, -0.15) is 0 Å². The molecule has 2 saturated heterocycles. The van der Waals surface area contributed by atoms with Gasteiger partial charge in [0, 0.05) is 19.6 Å². The van der Waals surface area contributed by atoms with Gasteiger partial charge >= 0.3 is 6.09 Å². The predicted molar refractivity (Wildman–Crippen MR) is 103 cm³/mol. The third-order valence-corrected chi connectivity index (χ3v) is 5.08. The van der Waals surface area contributed by atoms with Gasteiger partial charge in [-0.05, 0) is 71.4 Å².